The first-order valence-electron chi connectivity index (χ1n) is 8.42. The van der Waals surface area contributed by atoms with Crippen LogP contribution in [0.1, 0.15) is 34.6 Å². The van der Waals surface area contributed by atoms with Crippen molar-refractivity contribution in [1.29, 1.82) is 0 Å². The molecule has 25 heavy (non-hydrogen) atoms. The average molecular weight is 364 g/mol. The summed E-state index contributed by atoms with van der Waals surface area (Å²) in [5.74, 6) is 0.762. The summed E-state index contributed by atoms with van der Waals surface area (Å²) in [5.41, 5.74) is 2.58. The van der Waals surface area contributed by atoms with Crippen LogP contribution < -0.4 is 15.5 Å². The Hall–Kier alpha value is -2.19. The van der Waals surface area contributed by atoms with Gasteiger partial charge in [-0.1, -0.05) is 0 Å². The van der Waals surface area contributed by atoms with Crippen LogP contribution in [0.2, 0.25) is 0 Å². The lowest BCUT2D eigenvalue weighted by Gasteiger charge is -2.25. The monoisotopic (exact) mass is 363 g/mol. The van der Waals surface area contributed by atoms with Crippen molar-refractivity contribution in [2.75, 3.05) is 24.5 Å². The Morgan fingerprint density at radius 3 is 3.20 bits per heavy atom. The van der Waals surface area contributed by atoms with Crippen LogP contribution in [0.15, 0.2) is 18.3 Å². The highest BCUT2D eigenvalue weighted by molar-refractivity contribution is 5.94. The molecule has 134 valence electrons. The molecule has 4 heterocycles. The predicted molar refractivity (Wildman–Crippen MR) is 96.0 cm³/mol. The number of aromatic nitrogens is 4. The second-order valence-electron chi connectivity index (χ2n) is 6.24. The van der Waals surface area contributed by atoms with E-state index in [-0.39, 0.29) is 24.4 Å². The van der Waals surface area contributed by atoms with Crippen molar-refractivity contribution < 1.29 is 4.79 Å². The molecular formula is C16H22ClN7O. The van der Waals surface area contributed by atoms with Crippen molar-refractivity contribution in [2.45, 2.75) is 31.8 Å². The molecule has 3 N–H and O–H groups in total. The van der Waals surface area contributed by atoms with Crippen LogP contribution in [0, 0.1) is 0 Å². The van der Waals surface area contributed by atoms with Gasteiger partial charge in [0.1, 0.15) is 0 Å². The smallest absolute Gasteiger partial charge is 0.272 e. The zero-order chi connectivity index (χ0) is 16.4. The van der Waals surface area contributed by atoms with Gasteiger partial charge in [0.25, 0.3) is 5.91 Å². The Morgan fingerprint density at radius 2 is 2.36 bits per heavy atom. The molecule has 8 nitrogen and oxygen atoms in total. The quantitative estimate of drug-likeness (QED) is 0.738. The Labute approximate surface area is 152 Å². The summed E-state index contributed by atoms with van der Waals surface area (Å²) in [7, 11) is 0. The average Bonchev–Trinajstić information content (AvgIpc) is 3.27. The number of hydrogen-bond donors (Lipinski definition) is 3. The van der Waals surface area contributed by atoms with E-state index in [9.17, 15) is 4.79 Å². The largest absolute Gasteiger partial charge is 0.350 e. The summed E-state index contributed by atoms with van der Waals surface area (Å²) >= 11 is 0. The number of rotatable bonds is 4. The van der Waals surface area contributed by atoms with Gasteiger partial charge in [-0.25, -0.2) is 0 Å². The van der Waals surface area contributed by atoms with Crippen molar-refractivity contribution in [3.8, 4) is 0 Å². The topological polar surface area (TPSA) is 98.8 Å². The molecule has 0 aliphatic carbocycles. The highest BCUT2D eigenvalue weighted by Crippen LogP contribution is 2.22. The maximum absolute atomic E-state index is 12.5. The molecule has 9 heteroatoms. The molecule has 0 radical (unpaired) electrons. The fourth-order valence-electron chi connectivity index (χ4n) is 3.50. The number of amides is 1. The number of nitrogens with one attached hydrogen (secondary N) is 3. The second-order valence-corrected chi connectivity index (χ2v) is 6.24. The highest BCUT2D eigenvalue weighted by atomic mass is 35.5. The van der Waals surface area contributed by atoms with Gasteiger partial charge in [0.15, 0.2) is 11.5 Å². The van der Waals surface area contributed by atoms with Gasteiger partial charge in [0, 0.05) is 56.1 Å². The van der Waals surface area contributed by atoms with Crippen molar-refractivity contribution in [1.82, 2.24) is 31.0 Å². The zero-order valence-corrected chi connectivity index (χ0v) is 14.7. The minimum absolute atomic E-state index is 0. The van der Waals surface area contributed by atoms with Crippen LogP contribution in [0.5, 0.6) is 0 Å². The maximum atomic E-state index is 12.5. The molecule has 2 aliphatic heterocycles. The molecule has 2 aromatic rings. The molecule has 0 saturated carbocycles. The van der Waals surface area contributed by atoms with Gasteiger partial charge in [0.2, 0.25) is 0 Å². The summed E-state index contributed by atoms with van der Waals surface area (Å²) in [6, 6.07) is 4.10. The third-order valence-electron chi connectivity index (χ3n) is 4.75. The van der Waals surface area contributed by atoms with E-state index in [4.69, 9.17) is 0 Å². The van der Waals surface area contributed by atoms with E-state index in [1.54, 1.807) is 6.20 Å². The van der Waals surface area contributed by atoms with E-state index in [1.165, 1.54) is 0 Å². The van der Waals surface area contributed by atoms with Gasteiger partial charge in [-0.2, -0.15) is 10.2 Å². The Balaban J connectivity index is 0.00000182. The number of halogens is 1. The predicted octanol–water partition coefficient (Wildman–Crippen LogP) is 0.666. The number of carbonyl (C=O) groups excluding carboxylic acids is 1. The SMILES string of the molecule is Cl.O=C(NCC1CCCN1c1cccnn1)c1n[nH]c2c1CNCC2. The molecule has 2 aromatic heterocycles. The van der Waals surface area contributed by atoms with Crippen LogP contribution in [-0.4, -0.2) is 52.0 Å². The number of carbonyl (C=O) groups is 1. The summed E-state index contributed by atoms with van der Waals surface area (Å²) in [5, 5.41) is 21.7. The molecule has 0 aromatic carbocycles. The normalized spacial score (nSPS) is 19.2. The first-order chi connectivity index (χ1) is 11.8. The lowest BCUT2D eigenvalue weighted by Crippen LogP contribution is -2.41. The van der Waals surface area contributed by atoms with E-state index in [2.05, 4.69) is 35.9 Å². The van der Waals surface area contributed by atoms with Gasteiger partial charge in [-0.3, -0.25) is 9.89 Å². The lowest BCUT2D eigenvalue weighted by molar-refractivity contribution is 0.0945. The number of nitrogens with zero attached hydrogens (tertiary/aromatic N) is 4. The fraction of sp³-hybridized carbons (Fsp3) is 0.500. The summed E-state index contributed by atoms with van der Waals surface area (Å²) < 4.78 is 0. The van der Waals surface area contributed by atoms with Gasteiger partial charge in [-0.05, 0) is 25.0 Å². The molecule has 2 aliphatic rings. The number of H-pyrrole nitrogens is 1. The minimum Gasteiger partial charge on any atom is -0.350 e. The number of anilines is 1. The lowest BCUT2D eigenvalue weighted by atomic mass is 10.1. The van der Waals surface area contributed by atoms with Crippen molar-refractivity contribution in [3.63, 3.8) is 0 Å². The number of fused-ring (bicyclic) bond motifs is 1. The standard InChI is InChI=1S/C16H21N7O.ClH/c24-16(15-12-10-17-7-5-13(12)20-22-15)18-9-11-3-2-8-23(11)14-4-1-6-19-21-14;/h1,4,6,11,17H,2-3,5,7-10H2,(H,18,24)(H,20,22);1H. The maximum Gasteiger partial charge on any atom is 0.272 e. The molecular weight excluding hydrogens is 342 g/mol. The van der Waals surface area contributed by atoms with E-state index >= 15 is 0 Å². The van der Waals surface area contributed by atoms with E-state index in [1.807, 2.05) is 12.1 Å². The Morgan fingerprint density at radius 1 is 1.44 bits per heavy atom. The van der Waals surface area contributed by atoms with Gasteiger partial charge in [-0.15, -0.1) is 17.5 Å². The van der Waals surface area contributed by atoms with Gasteiger partial charge >= 0.3 is 0 Å². The molecule has 1 amide bonds. The fourth-order valence-corrected chi connectivity index (χ4v) is 3.50. The molecule has 0 spiro atoms. The Kier molecular flexibility index (Phi) is 5.50. The zero-order valence-electron chi connectivity index (χ0n) is 13.9. The minimum atomic E-state index is -0.109. The number of aromatic amines is 1. The van der Waals surface area contributed by atoms with Crippen LogP contribution >= 0.6 is 12.4 Å². The third-order valence-corrected chi connectivity index (χ3v) is 4.75. The Bertz CT molecular complexity index is 721. The third kappa shape index (κ3) is 3.59. The van der Waals surface area contributed by atoms with E-state index < -0.39 is 0 Å². The second kappa shape index (κ2) is 7.79. The molecule has 1 unspecified atom stereocenters. The van der Waals surface area contributed by atoms with Crippen molar-refractivity contribution >= 4 is 24.1 Å². The summed E-state index contributed by atoms with van der Waals surface area (Å²) in [6.07, 6.45) is 4.69. The first kappa shape index (κ1) is 17.6. The van der Waals surface area contributed by atoms with E-state index in [0.717, 1.165) is 49.4 Å². The summed E-state index contributed by atoms with van der Waals surface area (Å²) in [4.78, 5) is 14.7. The molecule has 1 fully saturated rings. The van der Waals surface area contributed by atoms with Gasteiger partial charge < -0.3 is 15.5 Å². The first-order valence-corrected chi connectivity index (χ1v) is 8.42. The summed E-state index contributed by atoms with van der Waals surface area (Å²) in [6.45, 7) is 3.15. The molecule has 1 saturated heterocycles. The highest BCUT2D eigenvalue weighted by Gasteiger charge is 2.27. The van der Waals surface area contributed by atoms with Gasteiger partial charge in [0.05, 0.1) is 0 Å². The molecule has 0 bridgehead atoms. The van der Waals surface area contributed by atoms with Crippen LogP contribution in [0.3, 0.4) is 0 Å². The van der Waals surface area contributed by atoms with Crippen molar-refractivity contribution in [3.05, 3.63) is 35.3 Å². The molecule has 4 rings (SSSR count). The van der Waals surface area contributed by atoms with Crippen LogP contribution in [0.25, 0.3) is 0 Å². The van der Waals surface area contributed by atoms with Crippen LogP contribution in [-0.2, 0) is 13.0 Å². The molecule has 1 atom stereocenters. The number of hydrogen-bond acceptors (Lipinski definition) is 6. The van der Waals surface area contributed by atoms with Crippen molar-refractivity contribution in [2.24, 2.45) is 0 Å². The van der Waals surface area contributed by atoms with E-state index in [0.29, 0.717) is 18.8 Å². The van der Waals surface area contributed by atoms with Crippen LogP contribution in [0.4, 0.5) is 5.82 Å².